The van der Waals surface area contributed by atoms with E-state index in [-0.39, 0.29) is 5.91 Å². The minimum Gasteiger partial charge on any atom is -0.345 e. The second-order valence-corrected chi connectivity index (χ2v) is 4.24. The van der Waals surface area contributed by atoms with Crippen molar-refractivity contribution < 1.29 is 4.79 Å². The van der Waals surface area contributed by atoms with Crippen LogP contribution in [0.5, 0.6) is 0 Å². The molecule has 0 aromatic rings. The maximum Gasteiger partial charge on any atom is 0.226 e. The lowest BCUT2D eigenvalue weighted by atomic mass is 9.97. The molecule has 1 rings (SSSR count). The van der Waals surface area contributed by atoms with Crippen LogP contribution in [-0.4, -0.2) is 30.9 Å². The van der Waals surface area contributed by atoms with E-state index in [1.165, 1.54) is 18.4 Å². The highest BCUT2D eigenvalue weighted by Crippen LogP contribution is 2.20. The SMILES string of the molecule is CN(CCCN)C(=O)CC1=CCCCC1. The molecule has 15 heavy (non-hydrogen) atoms. The van der Waals surface area contributed by atoms with Gasteiger partial charge in [0.1, 0.15) is 0 Å². The summed E-state index contributed by atoms with van der Waals surface area (Å²) < 4.78 is 0. The molecule has 0 aromatic heterocycles. The summed E-state index contributed by atoms with van der Waals surface area (Å²) in [5.41, 5.74) is 6.74. The van der Waals surface area contributed by atoms with Crippen LogP contribution in [-0.2, 0) is 4.79 Å². The highest BCUT2D eigenvalue weighted by molar-refractivity contribution is 5.78. The van der Waals surface area contributed by atoms with Crippen LogP contribution in [0.15, 0.2) is 11.6 Å². The Morgan fingerprint density at radius 1 is 1.53 bits per heavy atom. The van der Waals surface area contributed by atoms with Crippen LogP contribution >= 0.6 is 0 Å². The fourth-order valence-corrected chi connectivity index (χ4v) is 1.85. The first kappa shape index (κ1) is 12.2. The largest absolute Gasteiger partial charge is 0.345 e. The van der Waals surface area contributed by atoms with Crippen LogP contribution in [0, 0.1) is 0 Å². The van der Waals surface area contributed by atoms with Crippen molar-refractivity contribution in [2.45, 2.75) is 38.5 Å². The summed E-state index contributed by atoms with van der Waals surface area (Å²) in [6.07, 6.45) is 8.51. The third kappa shape index (κ3) is 4.47. The number of hydrogen-bond donors (Lipinski definition) is 1. The molecule has 0 fully saturated rings. The van der Waals surface area contributed by atoms with Gasteiger partial charge in [0.15, 0.2) is 0 Å². The molecule has 0 atom stereocenters. The first-order chi connectivity index (χ1) is 7.24. The van der Waals surface area contributed by atoms with E-state index in [1.54, 1.807) is 4.90 Å². The summed E-state index contributed by atoms with van der Waals surface area (Å²) in [6.45, 7) is 1.43. The highest BCUT2D eigenvalue weighted by atomic mass is 16.2. The van der Waals surface area contributed by atoms with E-state index >= 15 is 0 Å². The molecule has 0 radical (unpaired) electrons. The first-order valence-corrected chi connectivity index (χ1v) is 5.86. The van der Waals surface area contributed by atoms with E-state index in [0.29, 0.717) is 13.0 Å². The average molecular weight is 210 g/mol. The van der Waals surface area contributed by atoms with E-state index in [2.05, 4.69) is 6.08 Å². The molecule has 0 heterocycles. The van der Waals surface area contributed by atoms with Crippen molar-refractivity contribution in [3.63, 3.8) is 0 Å². The number of amides is 1. The molecule has 2 N–H and O–H groups in total. The second kappa shape index (κ2) is 6.62. The Kier molecular flexibility index (Phi) is 5.40. The normalized spacial score (nSPS) is 16.0. The molecule has 1 amide bonds. The van der Waals surface area contributed by atoms with Gasteiger partial charge in [0.25, 0.3) is 0 Å². The van der Waals surface area contributed by atoms with Crippen LogP contribution in [0.3, 0.4) is 0 Å². The van der Waals surface area contributed by atoms with Crippen LogP contribution < -0.4 is 5.73 Å². The minimum absolute atomic E-state index is 0.233. The molecule has 86 valence electrons. The van der Waals surface area contributed by atoms with E-state index in [9.17, 15) is 4.79 Å². The molecule has 0 spiro atoms. The molecule has 0 saturated heterocycles. The molecule has 0 aromatic carbocycles. The summed E-state index contributed by atoms with van der Waals surface area (Å²) in [4.78, 5) is 13.6. The summed E-state index contributed by atoms with van der Waals surface area (Å²) in [5, 5.41) is 0. The fraction of sp³-hybridized carbons (Fsp3) is 0.750. The Balaban J connectivity index is 2.30. The summed E-state index contributed by atoms with van der Waals surface area (Å²) in [6, 6.07) is 0. The smallest absolute Gasteiger partial charge is 0.226 e. The van der Waals surface area contributed by atoms with Crippen molar-refractivity contribution >= 4 is 5.91 Å². The number of nitrogens with two attached hydrogens (primary N) is 1. The van der Waals surface area contributed by atoms with Crippen molar-refractivity contribution in [1.82, 2.24) is 4.90 Å². The van der Waals surface area contributed by atoms with Crippen LogP contribution in [0.25, 0.3) is 0 Å². The van der Waals surface area contributed by atoms with Gasteiger partial charge < -0.3 is 10.6 Å². The molecule has 0 aliphatic heterocycles. The number of rotatable bonds is 5. The zero-order valence-corrected chi connectivity index (χ0v) is 9.67. The van der Waals surface area contributed by atoms with Crippen LogP contribution in [0.2, 0.25) is 0 Å². The Morgan fingerprint density at radius 3 is 2.93 bits per heavy atom. The summed E-state index contributed by atoms with van der Waals surface area (Å²) in [5.74, 6) is 0.233. The molecule has 0 bridgehead atoms. The van der Waals surface area contributed by atoms with E-state index < -0.39 is 0 Å². The van der Waals surface area contributed by atoms with Gasteiger partial charge in [-0.3, -0.25) is 4.79 Å². The van der Waals surface area contributed by atoms with Crippen LogP contribution in [0.1, 0.15) is 38.5 Å². The van der Waals surface area contributed by atoms with Gasteiger partial charge in [-0.25, -0.2) is 0 Å². The molecule has 3 nitrogen and oxygen atoms in total. The van der Waals surface area contributed by atoms with Crippen molar-refractivity contribution in [2.24, 2.45) is 5.73 Å². The third-order valence-corrected chi connectivity index (χ3v) is 2.89. The van der Waals surface area contributed by atoms with E-state index in [1.807, 2.05) is 7.05 Å². The van der Waals surface area contributed by atoms with E-state index in [4.69, 9.17) is 5.73 Å². The zero-order chi connectivity index (χ0) is 11.1. The summed E-state index contributed by atoms with van der Waals surface area (Å²) in [7, 11) is 1.86. The Hall–Kier alpha value is -0.830. The molecular weight excluding hydrogens is 188 g/mol. The molecule has 0 unspecified atom stereocenters. The summed E-state index contributed by atoms with van der Waals surface area (Å²) >= 11 is 0. The lowest BCUT2D eigenvalue weighted by Crippen LogP contribution is -2.29. The zero-order valence-electron chi connectivity index (χ0n) is 9.67. The van der Waals surface area contributed by atoms with Gasteiger partial charge >= 0.3 is 0 Å². The average Bonchev–Trinajstić information content (AvgIpc) is 2.27. The molecule has 1 aliphatic carbocycles. The minimum atomic E-state index is 0.233. The lowest BCUT2D eigenvalue weighted by molar-refractivity contribution is -0.129. The highest BCUT2D eigenvalue weighted by Gasteiger charge is 2.12. The Morgan fingerprint density at radius 2 is 2.33 bits per heavy atom. The Bertz CT molecular complexity index is 236. The fourth-order valence-electron chi connectivity index (χ4n) is 1.85. The number of hydrogen-bond acceptors (Lipinski definition) is 2. The van der Waals surface area contributed by atoms with Gasteiger partial charge in [-0.1, -0.05) is 11.6 Å². The maximum absolute atomic E-state index is 11.8. The number of nitrogens with zero attached hydrogens (tertiary/aromatic N) is 1. The predicted molar refractivity (Wildman–Crippen MR) is 62.5 cm³/mol. The lowest BCUT2D eigenvalue weighted by Gasteiger charge is -2.19. The predicted octanol–water partition coefficient (Wildman–Crippen LogP) is 1.68. The second-order valence-electron chi connectivity index (χ2n) is 4.24. The number of carbonyl (C=O) groups excluding carboxylic acids is 1. The molecule has 3 heteroatoms. The van der Waals surface area contributed by atoms with Crippen molar-refractivity contribution in [3.05, 3.63) is 11.6 Å². The third-order valence-electron chi connectivity index (χ3n) is 2.89. The van der Waals surface area contributed by atoms with Gasteiger partial charge in [-0.2, -0.15) is 0 Å². The number of allylic oxidation sites excluding steroid dienone is 1. The van der Waals surface area contributed by atoms with E-state index in [0.717, 1.165) is 25.8 Å². The molecular formula is C12H22N2O. The monoisotopic (exact) mass is 210 g/mol. The maximum atomic E-state index is 11.8. The van der Waals surface area contributed by atoms with Crippen molar-refractivity contribution in [2.75, 3.05) is 20.1 Å². The Labute approximate surface area is 92.3 Å². The quantitative estimate of drug-likeness (QED) is 0.702. The van der Waals surface area contributed by atoms with Crippen molar-refractivity contribution in [3.8, 4) is 0 Å². The van der Waals surface area contributed by atoms with Gasteiger partial charge in [0.2, 0.25) is 5.91 Å². The van der Waals surface area contributed by atoms with Crippen molar-refractivity contribution in [1.29, 1.82) is 0 Å². The van der Waals surface area contributed by atoms with Crippen LogP contribution in [0.4, 0.5) is 0 Å². The van der Waals surface area contributed by atoms with Gasteiger partial charge in [-0.15, -0.1) is 0 Å². The standard InChI is InChI=1S/C12H22N2O/c1-14(9-5-8-13)12(15)10-11-6-3-2-4-7-11/h6H,2-5,7-10,13H2,1H3. The first-order valence-electron chi connectivity index (χ1n) is 5.86. The topological polar surface area (TPSA) is 46.3 Å². The van der Waals surface area contributed by atoms with Gasteiger partial charge in [0.05, 0.1) is 0 Å². The van der Waals surface area contributed by atoms with Gasteiger partial charge in [-0.05, 0) is 38.6 Å². The van der Waals surface area contributed by atoms with Gasteiger partial charge in [0, 0.05) is 20.0 Å². The molecule has 1 aliphatic rings. The number of carbonyl (C=O) groups is 1. The molecule has 0 saturated carbocycles.